The predicted molar refractivity (Wildman–Crippen MR) is 42.5 cm³/mol. The molecule has 3 heteroatoms. The number of carboxylic acid groups (broad SMARTS) is 1. The molecule has 0 radical (unpaired) electrons. The van der Waals surface area contributed by atoms with Gasteiger partial charge in [0.15, 0.2) is 0 Å². The van der Waals surface area contributed by atoms with Gasteiger partial charge in [0.05, 0.1) is 0 Å². The summed E-state index contributed by atoms with van der Waals surface area (Å²) in [5, 5.41) is 8.52. The van der Waals surface area contributed by atoms with E-state index in [2.05, 4.69) is 4.90 Å². The van der Waals surface area contributed by atoms with E-state index < -0.39 is 5.97 Å². The number of nitrogens with zero attached hydrogens (tertiary/aromatic N) is 1. The lowest BCUT2D eigenvalue weighted by atomic mass is 9.89. The van der Waals surface area contributed by atoms with Gasteiger partial charge in [-0.05, 0) is 25.9 Å². The van der Waals surface area contributed by atoms with Crippen molar-refractivity contribution in [1.29, 1.82) is 0 Å². The Hall–Kier alpha value is -0.570. The van der Waals surface area contributed by atoms with Crippen molar-refractivity contribution in [1.82, 2.24) is 4.90 Å². The van der Waals surface area contributed by atoms with Gasteiger partial charge in [0.1, 0.15) is 0 Å². The molecule has 0 aliphatic carbocycles. The van der Waals surface area contributed by atoms with Crippen molar-refractivity contribution in [2.75, 3.05) is 13.6 Å². The van der Waals surface area contributed by atoms with Crippen LogP contribution in [0, 0.1) is 5.92 Å². The maximum absolute atomic E-state index is 10.3. The number of aliphatic carboxylic acids is 1. The van der Waals surface area contributed by atoms with Crippen LogP contribution in [0.1, 0.15) is 19.8 Å². The molecule has 1 aliphatic heterocycles. The topological polar surface area (TPSA) is 40.5 Å². The minimum Gasteiger partial charge on any atom is -0.481 e. The van der Waals surface area contributed by atoms with E-state index in [1.165, 1.54) is 0 Å². The van der Waals surface area contributed by atoms with Crippen LogP contribution in [0.25, 0.3) is 0 Å². The second-order valence-corrected chi connectivity index (χ2v) is 3.41. The zero-order valence-electron chi connectivity index (χ0n) is 7.08. The van der Waals surface area contributed by atoms with E-state index in [1.807, 2.05) is 14.0 Å². The summed E-state index contributed by atoms with van der Waals surface area (Å²) in [6, 6.07) is 0.506. The zero-order valence-corrected chi connectivity index (χ0v) is 7.08. The SMILES string of the molecule is CC(CC(=O)O)C1CCN1C. The molecule has 64 valence electrons. The highest BCUT2D eigenvalue weighted by atomic mass is 16.4. The first kappa shape index (κ1) is 8.53. The maximum Gasteiger partial charge on any atom is 0.303 e. The van der Waals surface area contributed by atoms with Gasteiger partial charge in [-0.1, -0.05) is 6.92 Å². The molecule has 0 aromatic carbocycles. The number of carboxylic acids is 1. The molecule has 0 amide bonds. The van der Waals surface area contributed by atoms with Crippen LogP contribution in [0.4, 0.5) is 0 Å². The van der Waals surface area contributed by atoms with Gasteiger partial charge in [-0.3, -0.25) is 4.79 Å². The van der Waals surface area contributed by atoms with Crippen molar-refractivity contribution in [2.45, 2.75) is 25.8 Å². The molecular formula is C8H15NO2. The van der Waals surface area contributed by atoms with Gasteiger partial charge in [-0.25, -0.2) is 0 Å². The third kappa shape index (κ3) is 1.93. The van der Waals surface area contributed by atoms with Crippen LogP contribution in [0.5, 0.6) is 0 Å². The largest absolute Gasteiger partial charge is 0.481 e. The second kappa shape index (κ2) is 3.22. The van der Waals surface area contributed by atoms with Gasteiger partial charge in [0.25, 0.3) is 0 Å². The lowest BCUT2D eigenvalue weighted by molar-refractivity contribution is -0.138. The molecule has 3 nitrogen and oxygen atoms in total. The number of hydrogen-bond acceptors (Lipinski definition) is 2. The van der Waals surface area contributed by atoms with Crippen LogP contribution >= 0.6 is 0 Å². The Balaban J connectivity index is 2.29. The molecule has 0 bridgehead atoms. The van der Waals surface area contributed by atoms with E-state index in [0.29, 0.717) is 18.4 Å². The summed E-state index contributed by atoms with van der Waals surface area (Å²) in [5.74, 6) is -0.385. The molecule has 1 N–H and O–H groups in total. The summed E-state index contributed by atoms with van der Waals surface area (Å²) < 4.78 is 0. The van der Waals surface area contributed by atoms with Crippen molar-refractivity contribution in [3.63, 3.8) is 0 Å². The maximum atomic E-state index is 10.3. The smallest absolute Gasteiger partial charge is 0.303 e. The summed E-state index contributed by atoms with van der Waals surface area (Å²) in [6.45, 7) is 3.13. The van der Waals surface area contributed by atoms with Crippen molar-refractivity contribution in [3.8, 4) is 0 Å². The van der Waals surface area contributed by atoms with Gasteiger partial charge in [0, 0.05) is 12.5 Å². The van der Waals surface area contributed by atoms with E-state index in [-0.39, 0.29) is 0 Å². The van der Waals surface area contributed by atoms with Crippen LogP contribution in [-0.2, 0) is 4.79 Å². The molecule has 1 rings (SSSR count). The van der Waals surface area contributed by atoms with Crippen LogP contribution in [0.3, 0.4) is 0 Å². The second-order valence-electron chi connectivity index (χ2n) is 3.41. The van der Waals surface area contributed by atoms with Crippen LogP contribution in [0.15, 0.2) is 0 Å². The average Bonchev–Trinajstić information content (AvgIpc) is 1.82. The number of rotatable bonds is 3. The molecule has 1 saturated heterocycles. The molecular weight excluding hydrogens is 142 g/mol. The van der Waals surface area contributed by atoms with Crippen LogP contribution < -0.4 is 0 Å². The van der Waals surface area contributed by atoms with Gasteiger partial charge in [-0.15, -0.1) is 0 Å². The Kier molecular flexibility index (Phi) is 2.49. The normalized spacial score (nSPS) is 27.6. The Morgan fingerprint density at radius 1 is 1.82 bits per heavy atom. The first-order valence-electron chi connectivity index (χ1n) is 4.03. The molecule has 1 heterocycles. The van der Waals surface area contributed by atoms with E-state index in [4.69, 9.17) is 5.11 Å². The van der Waals surface area contributed by atoms with E-state index in [0.717, 1.165) is 13.0 Å². The van der Waals surface area contributed by atoms with E-state index in [1.54, 1.807) is 0 Å². The third-order valence-corrected chi connectivity index (χ3v) is 2.50. The molecule has 0 aromatic heterocycles. The Bertz CT molecular complexity index is 158. The summed E-state index contributed by atoms with van der Waals surface area (Å²) >= 11 is 0. The van der Waals surface area contributed by atoms with Gasteiger partial charge >= 0.3 is 5.97 Å². The van der Waals surface area contributed by atoms with Crippen molar-refractivity contribution < 1.29 is 9.90 Å². The first-order valence-corrected chi connectivity index (χ1v) is 4.03. The molecule has 1 aliphatic rings. The molecule has 2 unspecified atom stereocenters. The minimum atomic E-state index is -0.683. The Morgan fingerprint density at radius 2 is 2.45 bits per heavy atom. The fraction of sp³-hybridized carbons (Fsp3) is 0.875. The number of hydrogen-bond donors (Lipinski definition) is 1. The molecule has 0 aromatic rings. The van der Waals surface area contributed by atoms with Gasteiger partial charge < -0.3 is 10.0 Å². The van der Waals surface area contributed by atoms with Crippen molar-refractivity contribution in [2.24, 2.45) is 5.92 Å². The standard InChI is InChI=1S/C8H15NO2/c1-6(5-8(10)11)7-3-4-9(7)2/h6-7H,3-5H2,1-2H3,(H,10,11). The average molecular weight is 157 g/mol. The fourth-order valence-corrected chi connectivity index (χ4v) is 1.67. The lowest BCUT2D eigenvalue weighted by Gasteiger charge is -2.41. The Morgan fingerprint density at radius 3 is 2.73 bits per heavy atom. The minimum absolute atomic E-state index is 0.297. The molecule has 2 atom stereocenters. The lowest BCUT2D eigenvalue weighted by Crippen LogP contribution is -2.48. The zero-order chi connectivity index (χ0) is 8.43. The summed E-state index contributed by atoms with van der Waals surface area (Å²) in [6.07, 6.45) is 1.46. The number of carbonyl (C=O) groups is 1. The van der Waals surface area contributed by atoms with Crippen LogP contribution in [0.2, 0.25) is 0 Å². The molecule has 0 spiro atoms. The van der Waals surface area contributed by atoms with Crippen LogP contribution in [-0.4, -0.2) is 35.6 Å². The van der Waals surface area contributed by atoms with E-state index in [9.17, 15) is 4.79 Å². The highest BCUT2D eigenvalue weighted by Gasteiger charge is 2.30. The van der Waals surface area contributed by atoms with Gasteiger partial charge in [-0.2, -0.15) is 0 Å². The summed E-state index contributed by atoms with van der Waals surface area (Å²) in [7, 11) is 2.05. The van der Waals surface area contributed by atoms with Gasteiger partial charge in [0.2, 0.25) is 0 Å². The third-order valence-electron chi connectivity index (χ3n) is 2.50. The number of likely N-dealkylation sites (tertiary alicyclic amines) is 1. The molecule has 0 saturated carbocycles. The monoisotopic (exact) mass is 157 g/mol. The predicted octanol–water partition coefficient (Wildman–Crippen LogP) is 0.801. The summed E-state index contributed by atoms with van der Waals surface area (Å²) in [5.41, 5.74) is 0. The van der Waals surface area contributed by atoms with Crippen molar-refractivity contribution >= 4 is 5.97 Å². The molecule has 1 fully saturated rings. The first-order chi connectivity index (χ1) is 5.11. The highest BCUT2D eigenvalue weighted by Crippen LogP contribution is 2.24. The highest BCUT2D eigenvalue weighted by molar-refractivity contribution is 5.67. The Labute approximate surface area is 67.0 Å². The van der Waals surface area contributed by atoms with Crippen molar-refractivity contribution in [3.05, 3.63) is 0 Å². The van der Waals surface area contributed by atoms with E-state index >= 15 is 0 Å². The molecule has 11 heavy (non-hydrogen) atoms. The quantitative estimate of drug-likeness (QED) is 0.658. The fourth-order valence-electron chi connectivity index (χ4n) is 1.67. The summed E-state index contributed by atoms with van der Waals surface area (Å²) in [4.78, 5) is 12.6.